The standard InChI is InChI=1S/C19H17FN2O3S/c1-12-4-3-5-16(10-12)24-11-17-21-22-19(25-17)26-13(2)18(23)14-6-8-15(20)9-7-14/h3-10,13H,11H2,1-2H3/t13-/m0/s1. The van der Waals surface area contributed by atoms with Crippen LogP contribution in [-0.4, -0.2) is 21.2 Å². The van der Waals surface area contributed by atoms with Crippen molar-refractivity contribution in [2.45, 2.75) is 30.9 Å². The van der Waals surface area contributed by atoms with Gasteiger partial charge in [0.25, 0.3) is 11.1 Å². The monoisotopic (exact) mass is 372 g/mol. The van der Waals surface area contributed by atoms with E-state index < -0.39 is 5.25 Å². The SMILES string of the molecule is Cc1cccc(OCc2nnc(S[C@@H](C)C(=O)c3ccc(F)cc3)o2)c1. The third kappa shape index (κ3) is 4.70. The van der Waals surface area contributed by atoms with Crippen molar-refractivity contribution < 1.29 is 18.3 Å². The number of ether oxygens (including phenoxy) is 1. The Morgan fingerprint density at radius 1 is 1.23 bits per heavy atom. The molecule has 26 heavy (non-hydrogen) atoms. The largest absolute Gasteiger partial charge is 0.484 e. The quantitative estimate of drug-likeness (QED) is 0.451. The first-order valence-electron chi connectivity index (χ1n) is 7.99. The highest BCUT2D eigenvalue weighted by atomic mass is 32.2. The van der Waals surface area contributed by atoms with Crippen LogP contribution >= 0.6 is 11.8 Å². The number of rotatable bonds is 7. The normalized spacial score (nSPS) is 12.0. The van der Waals surface area contributed by atoms with Gasteiger partial charge in [-0.05, 0) is 55.8 Å². The third-order valence-electron chi connectivity index (χ3n) is 3.58. The molecule has 7 heteroatoms. The fourth-order valence-electron chi connectivity index (χ4n) is 2.25. The molecule has 0 aliphatic rings. The number of ketones is 1. The highest BCUT2D eigenvalue weighted by Crippen LogP contribution is 2.25. The number of carbonyl (C=O) groups excluding carboxylic acids is 1. The molecular formula is C19H17FN2O3S. The molecular weight excluding hydrogens is 355 g/mol. The molecule has 0 radical (unpaired) electrons. The van der Waals surface area contributed by atoms with Gasteiger partial charge >= 0.3 is 0 Å². The van der Waals surface area contributed by atoms with E-state index >= 15 is 0 Å². The zero-order valence-electron chi connectivity index (χ0n) is 14.3. The predicted molar refractivity (Wildman–Crippen MR) is 95.9 cm³/mol. The zero-order valence-corrected chi connectivity index (χ0v) is 15.1. The van der Waals surface area contributed by atoms with Crippen LogP contribution in [0.5, 0.6) is 5.75 Å². The molecule has 5 nitrogen and oxygen atoms in total. The molecule has 0 bridgehead atoms. The molecule has 0 saturated carbocycles. The Balaban J connectivity index is 1.57. The van der Waals surface area contributed by atoms with Crippen molar-refractivity contribution in [3.8, 4) is 5.75 Å². The van der Waals surface area contributed by atoms with Gasteiger partial charge in [-0.3, -0.25) is 4.79 Å². The fraction of sp³-hybridized carbons (Fsp3) is 0.211. The summed E-state index contributed by atoms with van der Waals surface area (Å²) >= 11 is 1.16. The van der Waals surface area contributed by atoms with Crippen LogP contribution in [0.4, 0.5) is 4.39 Å². The Labute approximate surface area is 154 Å². The van der Waals surface area contributed by atoms with Crippen molar-refractivity contribution in [3.05, 3.63) is 71.4 Å². The molecule has 0 fully saturated rings. The van der Waals surface area contributed by atoms with E-state index in [1.54, 1.807) is 6.92 Å². The predicted octanol–water partition coefficient (Wildman–Crippen LogP) is 4.46. The van der Waals surface area contributed by atoms with Crippen molar-refractivity contribution >= 4 is 17.5 Å². The van der Waals surface area contributed by atoms with Crippen molar-refractivity contribution in [2.24, 2.45) is 0 Å². The molecule has 1 atom stereocenters. The van der Waals surface area contributed by atoms with Crippen LogP contribution in [0.25, 0.3) is 0 Å². The van der Waals surface area contributed by atoms with E-state index in [-0.39, 0.29) is 23.4 Å². The maximum atomic E-state index is 13.0. The first-order valence-corrected chi connectivity index (χ1v) is 8.87. The maximum absolute atomic E-state index is 13.0. The van der Waals surface area contributed by atoms with Crippen LogP contribution in [-0.2, 0) is 6.61 Å². The molecule has 0 spiro atoms. The van der Waals surface area contributed by atoms with E-state index in [2.05, 4.69) is 10.2 Å². The van der Waals surface area contributed by atoms with Crippen LogP contribution in [0, 0.1) is 12.7 Å². The highest BCUT2D eigenvalue weighted by Gasteiger charge is 2.20. The van der Waals surface area contributed by atoms with E-state index in [1.807, 2.05) is 31.2 Å². The molecule has 0 saturated heterocycles. The number of hydrogen-bond acceptors (Lipinski definition) is 6. The molecule has 134 valence electrons. The van der Waals surface area contributed by atoms with Gasteiger partial charge in [0.1, 0.15) is 11.6 Å². The number of benzene rings is 2. The average molecular weight is 372 g/mol. The van der Waals surface area contributed by atoms with Gasteiger partial charge in [0.05, 0.1) is 5.25 Å². The van der Waals surface area contributed by atoms with Gasteiger partial charge in [-0.25, -0.2) is 4.39 Å². The Morgan fingerprint density at radius 2 is 2.00 bits per heavy atom. The van der Waals surface area contributed by atoms with Gasteiger partial charge in [-0.1, -0.05) is 23.9 Å². The summed E-state index contributed by atoms with van der Waals surface area (Å²) in [5.74, 6) is 0.537. The third-order valence-corrected chi connectivity index (χ3v) is 4.51. The molecule has 0 N–H and O–H groups in total. The average Bonchev–Trinajstić information content (AvgIpc) is 3.07. The van der Waals surface area contributed by atoms with E-state index in [1.165, 1.54) is 24.3 Å². The Hall–Kier alpha value is -2.67. The first-order chi connectivity index (χ1) is 12.5. The minimum atomic E-state index is -0.438. The smallest absolute Gasteiger partial charge is 0.277 e. The second kappa shape index (κ2) is 8.14. The Kier molecular flexibility index (Phi) is 5.68. The second-order valence-corrected chi connectivity index (χ2v) is 6.99. The van der Waals surface area contributed by atoms with E-state index in [4.69, 9.17) is 9.15 Å². The fourth-order valence-corrected chi connectivity index (χ4v) is 3.03. The van der Waals surface area contributed by atoms with Crippen molar-refractivity contribution in [3.63, 3.8) is 0 Å². The van der Waals surface area contributed by atoms with Gasteiger partial charge < -0.3 is 9.15 Å². The van der Waals surface area contributed by atoms with Gasteiger partial charge in [-0.2, -0.15) is 0 Å². The van der Waals surface area contributed by atoms with E-state index in [9.17, 15) is 9.18 Å². The van der Waals surface area contributed by atoms with Gasteiger partial charge in [0, 0.05) is 5.56 Å². The summed E-state index contributed by atoms with van der Waals surface area (Å²) in [6.45, 7) is 3.87. The summed E-state index contributed by atoms with van der Waals surface area (Å²) in [5.41, 5.74) is 1.53. The molecule has 0 aliphatic heterocycles. The summed E-state index contributed by atoms with van der Waals surface area (Å²) in [4.78, 5) is 12.4. The van der Waals surface area contributed by atoms with Crippen LogP contribution < -0.4 is 4.74 Å². The number of nitrogens with zero attached hydrogens (tertiary/aromatic N) is 2. The number of hydrogen-bond donors (Lipinski definition) is 0. The van der Waals surface area contributed by atoms with Crippen molar-refractivity contribution in [1.82, 2.24) is 10.2 Å². The number of carbonyl (C=O) groups is 1. The topological polar surface area (TPSA) is 65.2 Å². The van der Waals surface area contributed by atoms with Crippen LogP contribution in [0.15, 0.2) is 58.2 Å². The molecule has 2 aromatic carbocycles. The highest BCUT2D eigenvalue weighted by molar-refractivity contribution is 8.00. The van der Waals surface area contributed by atoms with E-state index in [0.717, 1.165) is 23.1 Å². The maximum Gasteiger partial charge on any atom is 0.277 e. The number of aryl methyl sites for hydroxylation is 1. The Bertz CT molecular complexity index is 896. The lowest BCUT2D eigenvalue weighted by Crippen LogP contribution is -2.13. The van der Waals surface area contributed by atoms with E-state index in [0.29, 0.717) is 11.5 Å². The zero-order chi connectivity index (χ0) is 18.5. The van der Waals surface area contributed by atoms with Crippen LogP contribution in [0.1, 0.15) is 28.7 Å². The molecule has 1 heterocycles. The summed E-state index contributed by atoms with van der Waals surface area (Å²) < 4.78 is 24.1. The molecule has 1 aromatic heterocycles. The van der Waals surface area contributed by atoms with Gasteiger partial charge in [-0.15, -0.1) is 10.2 Å². The molecule has 3 aromatic rings. The minimum absolute atomic E-state index is 0.134. The number of thioether (sulfide) groups is 1. The Morgan fingerprint density at radius 3 is 2.73 bits per heavy atom. The summed E-state index contributed by atoms with van der Waals surface area (Å²) in [7, 11) is 0. The van der Waals surface area contributed by atoms with Crippen molar-refractivity contribution in [1.29, 1.82) is 0 Å². The summed E-state index contributed by atoms with van der Waals surface area (Å²) in [6, 6.07) is 13.1. The number of aromatic nitrogens is 2. The molecule has 3 rings (SSSR count). The van der Waals surface area contributed by atoms with Gasteiger partial charge in [0.2, 0.25) is 0 Å². The van der Waals surface area contributed by atoms with Gasteiger partial charge in [0.15, 0.2) is 12.4 Å². The lowest BCUT2D eigenvalue weighted by atomic mass is 10.1. The second-order valence-electron chi connectivity index (χ2n) is 5.70. The molecule has 0 amide bonds. The van der Waals surface area contributed by atoms with Crippen LogP contribution in [0.2, 0.25) is 0 Å². The summed E-state index contributed by atoms with van der Waals surface area (Å²) in [5, 5.41) is 7.71. The lowest BCUT2D eigenvalue weighted by Gasteiger charge is -2.07. The first kappa shape index (κ1) is 18.1. The van der Waals surface area contributed by atoms with Crippen LogP contribution in [0.3, 0.4) is 0 Å². The summed E-state index contributed by atoms with van der Waals surface area (Å²) in [6.07, 6.45) is 0. The van der Waals surface area contributed by atoms with Crippen molar-refractivity contribution in [2.75, 3.05) is 0 Å². The lowest BCUT2D eigenvalue weighted by molar-refractivity contribution is 0.0993. The number of halogens is 1. The minimum Gasteiger partial charge on any atom is -0.484 e. The molecule has 0 aliphatic carbocycles. The number of Topliss-reactive ketones (excluding diaryl/α,β-unsaturated/α-hetero) is 1. The molecule has 0 unspecified atom stereocenters.